The summed E-state index contributed by atoms with van der Waals surface area (Å²) >= 11 is 0. The number of benzene rings is 1. The van der Waals surface area contributed by atoms with Gasteiger partial charge in [0.15, 0.2) is 0 Å². The van der Waals surface area contributed by atoms with E-state index in [4.69, 9.17) is 4.74 Å². The van der Waals surface area contributed by atoms with Crippen molar-refractivity contribution in [1.82, 2.24) is 0 Å². The van der Waals surface area contributed by atoms with Crippen LogP contribution in [0.1, 0.15) is 94.1 Å². The van der Waals surface area contributed by atoms with E-state index in [1.807, 2.05) is 0 Å². The lowest BCUT2D eigenvalue weighted by atomic mass is 9.74. The standard InChI is InChI=1S/C26H39FO/c1-28-20-24-13-17-26(18-14-24)25-15-11-23(12-16-25)10-9-22-7-5-21(6-8-22)4-2-3-19-27/h3,13-14,17-19,21-23,25H,2,4-12,15-16,20H2,1H3/t21-,22-,23-,25-. The van der Waals surface area contributed by atoms with Gasteiger partial charge < -0.3 is 4.74 Å². The second kappa shape index (κ2) is 11.8. The molecule has 0 atom stereocenters. The molecule has 3 rings (SSSR count). The minimum atomic E-state index is 0.705. The maximum Gasteiger partial charge on any atom is 0.0827 e. The summed E-state index contributed by atoms with van der Waals surface area (Å²) in [6, 6.07) is 9.10. The Hall–Kier alpha value is -1.15. The summed E-state index contributed by atoms with van der Waals surface area (Å²) in [6.07, 6.45) is 18.5. The lowest BCUT2D eigenvalue weighted by Crippen LogP contribution is -2.17. The summed E-state index contributed by atoms with van der Waals surface area (Å²) < 4.78 is 17.3. The smallest absolute Gasteiger partial charge is 0.0827 e. The fourth-order valence-electron chi connectivity index (χ4n) is 5.51. The molecule has 2 heteroatoms. The lowest BCUT2D eigenvalue weighted by Gasteiger charge is -2.32. The second-order valence-corrected chi connectivity index (χ2v) is 9.30. The lowest BCUT2D eigenvalue weighted by molar-refractivity contribution is 0.185. The van der Waals surface area contributed by atoms with Crippen LogP contribution >= 0.6 is 0 Å². The molecule has 28 heavy (non-hydrogen) atoms. The Morgan fingerprint density at radius 2 is 1.36 bits per heavy atom. The Bertz CT molecular complexity index is 563. The molecule has 0 radical (unpaired) electrons. The average Bonchev–Trinajstić information content (AvgIpc) is 2.75. The summed E-state index contributed by atoms with van der Waals surface area (Å²) in [5.74, 6) is 3.52. The molecule has 0 amide bonds. The van der Waals surface area contributed by atoms with Crippen LogP contribution in [0.5, 0.6) is 0 Å². The van der Waals surface area contributed by atoms with E-state index >= 15 is 0 Å². The quantitative estimate of drug-likeness (QED) is 0.418. The maximum absolute atomic E-state index is 12.1. The Kier molecular flexibility index (Phi) is 9.05. The van der Waals surface area contributed by atoms with E-state index in [1.54, 1.807) is 13.2 Å². The predicted molar refractivity (Wildman–Crippen MR) is 116 cm³/mol. The zero-order chi connectivity index (χ0) is 19.6. The minimum Gasteiger partial charge on any atom is -0.380 e. The van der Waals surface area contributed by atoms with Crippen molar-refractivity contribution in [2.45, 2.75) is 89.6 Å². The molecule has 1 nitrogen and oxygen atoms in total. The van der Waals surface area contributed by atoms with E-state index in [0.29, 0.717) is 12.9 Å². The summed E-state index contributed by atoms with van der Waals surface area (Å²) in [4.78, 5) is 0. The monoisotopic (exact) mass is 386 g/mol. The molecular formula is C26H39FO. The van der Waals surface area contributed by atoms with Gasteiger partial charge in [-0.15, -0.1) is 0 Å². The summed E-state index contributed by atoms with van der Waals surface area (Å²) in [5, 5.41) is 0. The summed E-state index contributed by atoms with van der Waals surface area (Å²) in [7, 11) is 1.76. The third kappa shape index (κ3) is 6.72. The van der Waals surface area contributed by atoms with Gasteiger partial charge in [-0.2, -0.15) is 0 Å². The molecule has 2 aliphatic carbocycles. The van der Waals surface area contributed by atoms with Crippen LogP contribution in [0, 0.1) is 17.8 Å². The van der Waals surface area contributed by atoms with Crippen LogP contribution in [0.25, 0.3) is 0 Å². The zero-order valence-electron chi connectivity index (χ0n) is 17.8. The molecule has 156 valence electrons. The van der Waals surface area contributed by atoms with Crippen molar-refractivity contribution in [3.8, 4) is 0 Å². The van der Waals surface area contributed by atoms with E-state index in [1.165, 1.54) is 81.8 Å². The SMILES string of the molecule is COCc1ccc([C@H]2CC[C@H](CC[C@H]3CC[C@H](CCC=CF)CC3)CC2)cc1. The molecule has 1 aromatic rings. The number of rotatable bonds is 9. The number of methoxy groups -OCH3 is 1. The van der Waals surface area contributed by atoms with Crippen LogP contribution in [0.3, 0.4) is 0 Å². The molecule has 1 aromatic carbocycles. The average molecular weight is 387 g/mol. The van der Waals surface area contributed by atoms with Crippen molar-refractivity contribution in [3.63, 3.8) is 0 Å². The van der Waals surface area contributed by atoms with E-state index < -0.39 is 0 Å². The van der Waals surface area contributed by atoms with Gasteiger partial charge in [0.2, 0.25) is 0 Å². The van der Waals surface area contributed by atoms with Crippen LogP contribution in [-0.2, 0) is 11.3 Å². The van der Waals surface area contributed by atoms with Gasteiger partial charge in [-0.3, -0.25) is 0 Å². The zero-order valence-corrected chi connectivity index (χ0v) is 17.8. The number of allylic oxidation sites excluding steroid dienone is 1. The van der Waals surface area contributed by atoms with Crippen molar-refractivity contribution < 1.29 is 9.13 Å². The van der Waals surface area contributed by atoms with Crippen LogP contribution in [-0.4, -0.2) is 7.11 Å². The first-order valence-electron chi connectivity index (χ1n) is 11.6. The Balaban J connectivity index is 1.32. The third-order valence-electron chi connectivity index (χ3n) is 7.39. The Morgan fingerprint density at radius 1 is 0.821 bits per heavy atom. The van der Waals surface area contributed by atoms with Crippen molar-refractivity contribution in [2.75, 3.05) is 7.11 Å². The molecule has 0 aliphatic heterocycles. The number of ether oxygens (including phenoxy) is 1. The Labute approximate surface area is 171 Å². The van der Waals surface area contributed by atoms with Crippen LogP contribution in [0.4, 0.5) is 4.39 Å². The largest absolute Gasteiger partial charge is 0.380 e. The first kappa shape index (κ1) is 21.6. The molecule has 0 aromatic heterocycles. The molecule has 0 heterocycles. The van der Waals surface area contributed by atoms with Crippen molar-refractivity contribution in [3.05, 3.63) is 47.8 Å². The highest BCUT2D eigenvalue weighted by Crippen LogP contribution is 2.40. The van der Waals surface area contributed by atoms with Crippen molar-refractivity contribution >= 4 is 0 Å². The van der Waals surface area contributed by atoms with Gasteiger partial charge in [0, 0.05) is 7.11 Å². The molecule has 2 aliphatic rings. The van der Waals surface area contributed by atoms with Crippen LogP contribution in [0.2, 0.25) is 0 Å². The van der Waals surface area contributed by atoms with Crippen molar-refractivity contribution in [1.29, 1.82) is 0 Å². The Morgan fingerprint density at radius 3 is 1.89 bits per heavy atom. The fourth-order valence-corrected chi connectivity index (χ4v) is 5.51. The van der Waals surface area contributed by atoms with Gasteiger partial charge in [-0.05, 0) is 73.3 Å². The molecule has 0 N–H and O–H groups in total. The first-order chi connectivity index (χ1) is 13.8. The molecule has 0 saturated heterocycles. The highest BCUT2D eigenvalue weighted by atomic mass is 19.1. The van der Waals surface area contributed by atoms with E-state index in [9.17, 15) is 4.39 Å². The van der Waals surface area contributed by atoms with Crippen LogP contribution in [0.15, 0.2) is 36.7 Å². The van der Waals surface area contributed by atoms with Gasteiger partial charge in [-0.25, -0.2) is 4.39 Å². The normalized spacial score (nSPS) is 28.6. The molecular weight excluding hydrogens is 347 g/mol. The van der Waals surface area contributed by atoms with Crippen LogP contribution < -0.4 is 0 Å². The second-order valence-electron chi connectivity index (χ2n) is 9.30. The van der Waals surface area contributed by atoms with Gasteiger partial charge in [0.25, 0.3) is 0 Å². The van der Waals surface area contributed by atoms with Gasteiger partial charge in [0.1, 0.15) is 0 Å². The van der Waals surface area contributed by atoms with E-state index in [0.717, 1.165) is 30.1 Å². The molecule has 2 saturated carbocycles. The summed E-state index contributed by atoms with van der Waals surface area (Å²) in [6.45, 7) is 0.712. The number of hydrogen-bond donors (Lipinski definition) is 0. The molecule has 0 spiro atoms. The topological polar surface area (TPSA) is 9.23 Å². The minimum absolute atomic E-state index is 0.705. The number of halogens is 1. The van der Waals surface area contributed by atoms with Gasteiger partial charge in [-0.1, -0.05) is 68.9 Å². The first-order valence-corrected chi connectivity index (χ1v) is 11.6. The highest BCUT2D eigenvalue weighted by molar-refractivity contribution is 5.25. The molecule has 0 unspecified atom stereocenters. The van der Waals surface area contributed by atoms with E-state index in [-0.39, 0.29) is 0 Å². The molecule has 0 bridgehead atoms. The van der Waals surface area contributed by atoms with Gasteiger partial charge in [0.05, 0.1) is 12.9 Å². The predicted octanol–water partition coefficient (Wildman–Crippen LogP) is 7.96. The van der Waals surface area contributed by atoms with Gasteiger partial charge >= 0.3 is 0 Å². The fraction of sp³-hybridized carbons (Fsp3) is 0.692. The number of hydrogen-bond acceptors (Lipinski definition) is 1. The molecule has 2 fully saturated rings. The highest BCUT2D eigenvalue weighted by Gasteiger charge is 2.25. The van der Waals surface area contributed by atoms with Crippen molar-refractivity contribution in [2.24, 2.45) is 17.8 Å². The maximum atomic E-state index is 12.1. The third-order valence-corrected chi connectivity index (χ3v) is 7.39. The summed E-state index contributed by atoms with van der Waals surface area (Å²) in [5.41, 5.74) is 2.80. The van der Waals surface area contributed by atoms with E-state index in [2.05, 4.69) is 24.3 Å².